The van der Waals surface area contributed by atoms with Gasteiger partial charge in [-0.25, -0.2) is 0 Å². The molecule has 2 heteroatoms. The first-order valence-electron chi connectivity index (χ1n) is 7.53. The Hall–Kier alpha value is -0.0800. The molecule has 0 amide bonds. The van der Waals surface area contributed by atoms with E-state index in [0.29, 0.717) is 0 Å². The molecule has 1 rings (SSSR count). The Morgan fingerprint density at radius 1 is 1.18 bits per heavy atom. The predicted octanol–water partition coefficient (Wildman–Crippen LogP) is 3.13. The lowest BCUT2D eigenvalue weighted by atomic mass is 10.1. The van der Waals surface area contributed by atoms with Crippen LogP contribution in [0, 0.1) is 11.8 Å². The van der Waals surface area contributed by atoms with Gasteiger partial charge >= 0.3 is 0 Å². The van der Waals surface area contributed by atoms with Gasteiger partial charge in [-0.15, -0.1) is 0 Å². The van der Waals surface area contributed by atoms with Crippen LogP contribution >= 0.6 is 0 Å². The first kappa shape index (κ1) is 15.0. The Morgan fingerprint density at radius 3 is 2.47 bits per heavy atom. The molecule has 1 saturated heterocycles. The minimum atomic E-state index is 0.757. The summed E-state index contributed by atoms with van der Waals surface area (Å²) in [7, 11) is 0. The lowest BCUT2D eigenvalue weighted by Crippen LogP contribution is -2.39. The fourth-order valence-electron chi connectivity index (χ4n) is 2.72. The van der Waals surface area contributed by atoms with Crippen molar-refractivity contribution in [1.29, 1.82) is 0 Å². The van der Waals surface area contributed by atoms with Crippen molar-refractivity contribution >= 4 is 0 Å². The Balaban J connectivity index is 2.25. The van der Waals surface area contributed by atoms with Gasteiger partial charge in [0.15, 0.2) is 0 Å². The van der Waals surface area contributed by atoms with Crippen LogP contribution in [0.4, 0.5) is 0 Å². The molecule has 17 heavy (non-hydrogen) atoms. The molecule has 0 aromatic carbocycles. The molecular weight excluding hydrogens is 208 g/mol. The van der Waals surface area contributed by atoms with Crippen molar-refractivity contribution < 1.29 is 0 Å². The topological polar surface area (TPSA) is 15.3 Å². The van der Waals surface area contributed by atoms with E-state index in [4.69, 9.17) is 0 Å². The maximum Gasteiger partial charge on any atom is 0.0195 e. The zero-order valence-corrected chi connectivity index (χ0v) is 12.3. The molecule has 1 fully saturated rings. The first-order chi connectivity index (χ1) is 8.08. The molecule has 1 heterocycles. The third-order valence-electron chi connectivity index (χ3n) is 3.52. The number of rotatable bonds is 8. The normalized spacial score (nSPS) is 21.0. The monoisotopic (exact) mass is 240 g/mol. The predicted molar refractivity (Wildman–Crippen MR) is 76.4 cm³/mol. The second kappa shape index (κ2) is 8.10. The molecule has 0 saturated carbocycles. The molecule has 1 unspecified atom stereocenters. The van der Waals surface area contributed by atoms with Crippen LogP contribution in [0.2, 0.25) is 0 Å². The molecule has 1 aliphatic rings. The fraction of sp³-hybridized carbons (Fsp3) is 1.00. The summed E-state index contributed by atoms with van der Waals surface area (Å²) in [4.78, 5) is 2.68. The average molecular weight is 240 g/mol. The van der Waals surface area contributed by atoms with Crippen molar-refractivity contribution in [2.75, 3.05) is 26.2 Å². The Labute approximate surface area is 108 Å². The van der Waals surface area contributed by atoms with Gasteiger partial charge in [0, 0.05) is 19.1 Å². The van der Waals surface area contributed by atoms with Crippen LogP contribution in [0.3, 0.4) is 0 Å². The van der Waals surface area contributed by atoms with Crippen LogP contribution in [-0.2, 0) is 0 Å². The maximum atomic E-state index is 3.62. The average Bonchev–Trinajstić information content (AvgIpc) is 2.68. The number of hydrogen-bond donors (Lipinski definition) is 1. The van der Waals surface area contributed by atoms with E-state index in [2.05, 4.69) is 37.9 Å². The molecule has 102 valence electrons. The number of nitrogens with zero attached hydrogens (tertiary/aromatic N) is 1. The third-order valence-corrected chi connectivity index (χ3v) is 3.52. The van der Waals surface area contributed by atoms with Gasteiger partial charge in [-0.05, 0) is 50.6 Å². The van der Waals surface area contributed by atoms with Crippen molar-refractivity contribution in [3.63, 3.8) is 0 Å². The van der Waals surface area contributed by atoms with Crippen molar-refractivity contribution in [1.82, 2.24) is 10.2 Å². The van der Waals surface area contributed by atoms with Gasteiger partial charge in [0.05, 0.1) is 0 Å². The van der Waals surface area contributed by atoms with E-state index in [1.54, 1.807) is 0 Å². The lowest BCUT2D eigenvalue weighted by molar-refractivity contribution is 0.217. The highest BCUT2D eigenvalue weighted by atomic mass is 15.2. The molecule has 0 aliphatic carbocycles. The molecule has 1 atom stereocenters. The van der Waals surface area contributed by atoms with Gasteiger partial charge in [0.2, 0.25) is 0 Å². The van der Waals surface area contributed by atoms with Crippen molar-refractivity contribution in [2.45, 2.75) is 59.4 Å². The summed E-state index contributed by atoms with van der Waals surface area (Å²) >= 11 is 0. The largest absolute Gasteiger partial charge is 0.313 e. The SMILES string of the molecule is CC(C)CCCN(CC(C)C)CC1CCCN1. The van der Waals surface area contributed by atoms with Crippen LogP contribution in [0.5, 0.6) is 0 Å². The summed E-state index contributed by atoms with van der Waals surface area (Å²) < 4.78 is 0. The highest BCUT2D eigenvalue weighted by Crippen LogP contribution is 2.11. The summed E-state index contributed by atoms with van der Waals surface area (Å²) in [5.41, 5.74) is 0. The van der Waals surface area contributed by atoms with Crippen LogP contribution in [0.1, 0.15) is 53.4 Å². The van der Waals surface area contributed by atoms with Crippen molar-refractivity contribution in [2.24, 2.45) is 11.8 Å². The molecule has 0 bridgehead atoms. The number of hydrogen-bond acceptors (Lipinski definition) is 2. The fourth-order valence-corrected chi connectivity index (χ4v) is 2.72. The van der Waals surface area contributed by atoms with Gasteiger partial charge in [-0.3, -0.25) is 0 Å². The summed E-state index contributed by atoms with van der Waals surface area (Å²) in [5, 5.41) is 3.62. The zero-order chi connectivity index (χ0) is 12.7. The minimum Gasteiger partial charge on any atom is -0.313 e. The van der Waals surface area contributed by atoms with E-state index in [1.807, 2.05) is 0 Å². The maximum absolute atomic E-state index is 3.62. The highest BCUT2D eigenvalue weighted by molar-refractivity contribution is 4.78. The summed E-state index contributed by atoms with van der Waals surface area (Å²) in [6.07, 6.45) is 5.47. The van der Waals surface area contributed by atoms with Gasteiger partial charge in [-0.2, -0.15) is 0 Å². The van der Waals surface area contributed by atoms with Gasteiger partial charge < -0.3 is 10.2 Å². The summed E-state index contributed by atoms with van der Waals surface area (Å²) in [5.74, 6) is 1.64. The smallest absolute Gasteiger partial charge is 0.0195 e. The van der Waals surface area contributed by atoms with Crippen molar-refractivity contribution in [3.8, 4) is 0 Å². The van der Waals surface area contributed by atoms with E-state index in [-0.39, 0.29) is 0 Å². The first-order valence-corrected chi connectivity index (χ1v) is 7.53. The van der Waals surface area contributed by atoms with Gasteiger partial charge in [0.1, 0.15) is 0 Å². The molecule has 0 aromatic heterocycles. The molecular formula is C15H32N2. The van der Waals surface area contributed by atoms with Crippen LogP contribution in [0.25, 0.3) is 0 Å². The van der Waals surface area contributed by atoms with Crippen LogP contribution < -0.4 is 5.32 Å². The molecule has 0 aromatic rings. The van der Waals surface area contributed by atoms with E-state index in [9.17, 15) is 0 Å². The second-order valence-corrected chi connectivity index (χ2v) is 6.48. The van der Waals surface area contributed by atoms with E-state index >= 15 is 0 Å². The molecule has 0 spiro atoms. The Morgan fingerprint density at radius 2 is 1.94 bits per heavy atom. The number of nitrogens with one attached hydrogen (secondary N) is 1. The van der Waals surface area contributed by atoms with Gasteiger partial charge in [0.25, 0.3) is 0 Å². The molecule has 0 radical (unpaired) electrons. The van der Waals surface area contributed by atoms with Gasteiger partial charge in [-0.1, -0.05) is 27.7 Å². The molecule has 1 aliphatic heterocycles. The highest BCUT2D eigenvalue weighted by Gasteiger charge is 2.18. The molecule has 2 nitrogen and oxygen atoms in total. The minimum absolute atomic E-state index is 0.757. The quantitative estimate of drug-likeness (QED) is 0.701. The second-order valence-electron chi connectivity index (χ2n) is 6.48. The summed E-state index contributed by atoms with van der Waals surface area (Å²) in [6, 6.07) is 0.757. The van der Waals surface area contributed by atoms with Crippen molar-refractivity contribution in [3.05, 3.63) is 0 Å². The summed E-state index contributed by atoms with van der Waals surface area (Å²) in [6.45, 7) is 14.3. The van der Waals surface area contributed by atoms with Crippen LogP contribution in [0.15, 0.2) is 0 Å². The third kappa shape index (κ3) is 7.05. The molecule has 1 N–H and O–H groups in total. The lowest BCUT2D eigenvalue weighted by Gasteiger charge is -2.27. The van der Waals surface area contributed by atoms with E-state index in [0.717, 1.165) is 17.9 Å². The Bertz CT molecular complexity index is 183. The van der Waals surface area contributed by atoms with Crippen LogP contribution in [-0.4, -0.2) is 37.1 Å². The van der Waals surface area contributed by atoms with E-state index < -0.39 is 0 Å². The van der Waals surface area contributed by atoms with E-state index in [1.165, 1.54) is 51.9 Å². The zero-order valence-electron chi connectivity index (χ0n) is 12.3. The Kier molecular flexibility index (Phi) is 7.14. The standard InChI is InChI=1S/C15H32N2/c1-13(2)7-6-10-17(11-14(3)4)12-15-8-5-9-16-15/h13-16H,5-12H2,1-4H3.